The third kappa shape index (κ3) is 3.67. The highest BCUT2D eigenvalue weighted by Gasteiger charge is 2.26. The van der Waals surface area contributed by atoms with Gasteiger partial charge in [-0.25, -0.2) is 0 Å². The zero-order valence-electron chi connectivity index (χ0n) is 13.4. The molecule has 0 radical (unpaired) electrons. The maximum atomic E-state index is 6.07. The second-order valence-electron chi connectivity index (χ2n) is 6.57. The van der Waals surface area contributed by atoms with Gasteiger partial charge < -0.3 is 10.1 Å². The third-order valence-corrected chi connectivity index (χ3v) is 4.93. The average Bonchev–Trinajstić information content (AvgIpc) is 2.56. The molecule has 1 aromatic carbocycles. The van der Waals surface area contributed by atoms with Gasteiger partial charge in [0.05, 0.1) is 12.1 Å². The molecule has 0 amide bonds. The summed E-state index contributed by atoms with van der Waals surface area (Å²) < 4.78 is 6.07. The number of hydrogen-bond donors (Lipinski definition) is 1. The van der Waals surface area contributed by atoms with Crippen LogP contribution in [0.2, 0.25) is 0 Å². The van der Waals surface area contributed by atoms with Gasteiger partial charge in [-0.15, -0.1) is 0 Å². The summed E-state index contributed by atoms with van der Waals surface area (Å²) in [6.45, 7) is 4.24. The molecule has 1 fully saturated rings. The normalized spacial score (nSPS) is 23.6. The van der Waals surface area contributed by atoms with E-state index in [1.54, 1.807) is 11.1 Å². The van der Waals surface area contributed by atoms with E-state index in [2.05, 4.69) is 30.4 Å². The standard InChI is InChI=1S/C19H29NO/c1-2-12-20-19(18-9-5-6-13-21-18)17-11-10-15-7-3-4-8-16(15)14-17/h10-11,14,18-20H,2-9,12-13H2,1H3. The Morgan fingerprint density at radius 1 is 1.14 bits per heavy atom. The topological polar surface area (TPSA) is 21.3 Å². The van der Waals surface area contributed by atoms with E-state index in [0.717, 1.165) is 13.2 Å². The van der Waals surface area contributed by atoms with Gasteiger partial charge in [0.1, 0.15) is 0 Å². The number of benzene rings is 1. The van der Waals surface area contributed by atoms with Crippen molar-refractivity contribution in [2.24, 2.45) is 0 Å². The molecule has 0 saturated carbocycles. The van der Waals surface area contributed by atoms with Crippen LogP contribution in [-0.2, 0) is 17.6 Å². The Labute approximate surface area is 129 Å². The fraction of sp³-hybridized carbons (Fsp3) is 0.684. The molecule has 0 aromatic heterocycles. The smallest absolute Gasteiger partial charge is 0.0769 e. The summed E-state index contributed by atoms with van der Waals surface area (Å²) in [5.74, 6) is 0. The minimum absolute atomic E-state index is 0.354. The van der Waals surface area contributed by atoms with E-state index in [-0.39, 0.29) is 0 Å². The van der Waals surface area contributed by atoms with E-state index in [0.29, 0.717) is 12.1 Å². The lowest BCUT2D eigenvalue weighted by Crippen LogP contribution is -2.36. The van der Waals surface area contributed by atoms with Crippen molar-refractivity contribution in [2.45, 2.75) is 70.4 Å². The third-order valence-electron chi connectivity index (χ3n) is 4.93. The number of aryl methyl sites for hydroxylation is 2. The van der Waals surface area contributed by atoms with Gasteiger partial charge in [-0.1, -0.05) is 25.1 Å². The van der Waals surface area contributed by atoms with Crippen molar-refractivity contribution in [2.75, 3.05) is 13.2 Å². The first-order valence-corrected chi connectivity index (χ1v) is 8.85. The molecule has 2 unspecified atom stereocenters. The average molecular weight is 287 g/mol. The molecule has 0 bridgehead atoms. The molecular formula is C19H29NO. The van der Waals surface area contributed by atoms with E-state index in [1.165, 1.54) is 56.9 Å². The van der Waals surface area contributed by atoms with Gasteiger partial charge in [0, 0.05) is 6.61 Å². The quantitative estimate of drug-likeness (QED) is 0.877. The van der Waals surface area contributed by atoms with Crippen LogP contribution < -0.4 is 5.32 Å². The summed E-state index contributed by atoms with van der Waals surface area (Å²) in [4.78, 5) is 0. The molecule has 2 aliphatic rings. The second kappa shape index (κ2) is 7.42. The van der Waals surface area contributed by atoms with Crippen LogP contribution >= 0.6 is 0 Å². The van der Waals surface area contributed by atoms with Crippen molar-refractivity contribution in [1.29, 1.82) is 0 Å². The molecule has 1 heterocycles. The molecule has 21 heavy (non-hydrogen) atoms. The maximum Gasteiger partial charge on any atom is 0.0769 e. The zero-order valence-corrected chi connectivity index (χ0v) is 13.4. The van der Waals surface area contributed by atoms with Crippen LogP contribution in [0.15, 0.2) is 18.2 Å². The molecule has 0 spiro atoms. The van der Waals surface area contributed by atoms with Crippen molar-refractivity contribution in [1.82, 2.24) is 5.32 Å². The SMILES string of the molecule is CCCNC(c1ccc2c(c1)CCCC2)C1CCCCO1. The largest absolute Gasteiger partial charge is 0.376 e. The van der Waals surface area contributed by atoms with Crippen molar-refractivity contribution < 1.29 is 4.74 Å². The minimum Gasteiger partial charge on any atom is -0.376 e. The highest BCUT2D eigenvalue weighted by atomic mass is 16.5. The number of nitrogens with one attached hydrogen (secondary N) is 1. The van der Waals surface area contributed by atoms with E-state index >= 15 is 0 Å². The lowest BCUT2D eigenvalue weighted by Gasteiger charge is -2.32. The number of rotatable bonds is 5. The maximum absolute atomic E-state index is 6.07. The Hall–Kier alpha value is -0.860. The van der Waals surface area contributed by atoms with Gasteiger partial charge in [0.25, 0.3) is 0 Å². The van der Waals surface area contributed by atoms with Gasteiger partial charge in [-0.05, 0) is 74.6 Å². The summed E-state index contributed by atoms with van der Waals surface area (Å²) in [5, 5.41) is 3.74. The van der Waals surface area contributed by atoms with Gasteiger partial charge in [-0.2, -0.15) is 0 Å². The number of hydrogen-bond acceptors (Lipinski definition) is 2. The first-order valence-electron chi connectivity index (χ1n) is 8.85. The van der Waals surface area contributed by atoms with Gasteiger partial charge in [0.2, 0.25) is 0 Å². The van der Waals surface area contributed by atoms with Crippen LogP contribution in [0.25, 0.3) is 0 Å². The predicted molar refractivity (Wildman–Crippen MR) is 87.7 cm³/mol. The van der Waals surface area contributed by atoms with Crippen LogP contribution in [0.3, 0.4) is 0 Å². The second-order valence-corrected chi connectivity index (χ2v) is 6.57. The Morgan fingerprint density at radius 2 is 2.00 bits per heavy atom. The van der Waals surface area contributed by atoms with Gasteiger partial charge >= 0.3 is 0 Å². The van der Waals surface area contributed by atoms with Crippen molar-refractivity contribution in [3.63, 3.8) is 0 Å². The summed E-state index contributed by atoms with van der Waals surface area (Å²) in [6, 6.07) is 7.54. The predicted octanol–water partition coefficient (Wildman–Crippen LogP) is 4.18. The van der Waals surface area contributed by atoms with Crippen molar-refractivity contribution in [3.8, 4) is 0 Å². The van der Waals surface area contributed by atoms with Crippen LogP contribution in [0.5, 0.6) is 0 Å². The highest BCUT2D eigenvalue weighted by molar-refractivity contribution is 5.35. The van der Waals surface area contributed by atoms with Crippen LogP contribution in [0, 0.1) is 0 Å². The van der Waals surface area contributed by atoms with E-state index in [9.17, 15) is 0 Å². The lowest BCUT2D eigenvalue weighted by molar-refractivity contribution is -0.00817. The molecule has 2 atom stereocenters. The fourth-order valence-electron chi connectivity index (χ4n) is 3.74. The molecule has 1 aromatic rings. The molecule has 1 N–H and O–H groups in total. The zero-order chi connectivity index (χ0) is 14.5. The Balaban J connectivity index is 1.80. The molecule has 2 heteroatoms. The summed E-state index contributed by atoms with van der Waals surface area (Å²) in [6.07, 6.45) is 10.5. The number of fused-ring (bicyclic) bond motifs is 1. The molecule has 1 aliphatic carbocycles. The van der Waals surface area contributed by atoms with E-state index in [4.69, 9.17) is 4.74 Å². The summed E-state index contributed by atoms with van der Waals surface area (Å²) >= 11 is 0. The van der Waals surface area contributed by atoms with E-state index in [1.807, 2.05) is 0 Å². The monoisotopic (exact) mass is 287 g/mol. The molecule has 116 valence electrons. The fourth-order valence-corrected chi connectivity index (χ4v) is 3.74. The first kappa shape index (κ1) is 15.1. The van der Waals surface area contributed by atoms with Crippen LogP contribution in [0.4, 0.5) is 0 Å². The van der Waals surface area contributed by atoms with E-state index < -0.39 is 0 Å². The molecule has 1 saturated heterocycles. The summed E-state index contributed by atoms with van der Waals surface area (Å²) in [7, 11) is 0. The lowest BCUT2D eigenvalue weighted by atomic mass is 9.87. The molecule has 1 aliphatic heterocycles. The highest BCUT2D eigenvalue weighted by Crippen LogP contribution is 2.30. The molecule has 2 nitrogen and oxygen atoms in total. The Kier molecular flexibility index (Phi) is 5.32. The Bertz CT molecular complexity index is 451. The van der Waals surface area contributed by atoms with Crippen LogP contribution in [0.1, 0.15) is 68.2 Å². The number of ether oxygens (including phenoxy) is 1. The van der Waals surface area contributed by atoms with Gasteiger partial charge in [0.15, 0.2) is 0 Å². The minimum atomic E-state index is 0.354. The van der Waals surface area contributed by atoms with Crippen LogP contribution in [-0.4, -0.2) is 19.3 Å². The molecule has 3 rings (SSSR count). The molecular weight excluding hydrogens is 258 g/mol. The first-order chi connectivity index (χ1) is 10.4. The van der Waals surface area contributed by atoms with Crippen molar-refractivity contribution in [3.05, 3.63) is 34.9 Å². The summed E-state index contributed by atoms with van der Waals surface area (Å²) in [5.41, 5.74) is 4.60. The van der Waals surface area contributed by atoms with Gasteiger partial charge in [-0.3, -0.25) is 0 Å². The Morgan fingerprint density at radius 3 is 2.76 bits per heavy atom. The van der Waals surface area contributed by atoms with Crippen molar-refractivity contribution >= 4 is 0 Å².